The van der Waals surface area contributed by atoms with Crippen LogP contribution in [-0.2, 0) is 22.3 Å². The zero-order chi connectivity index (χ0) is 18.0. The summed E-state index contributed by atoms with van der Waals surface area (Å²) in [6.07, 6.45) is 2.20. The van der Waals surface area contributed by atoms with Crippen molar-refractivity contribution in [2.75, 3.05) is 13.6 Å². The first-order chi connectivity index (χ1) is 11.4. The van der Waals surface area contributed by atoms with E-state index in [0.29, 0.717) is 6.54 Å². The maximum Gasteiger partial charge on any atom is 0.216 e. The van der Waals surface area contributed by atoms with Crippen LogP contribution >= 0.6 is 0 Å². The Balaban J connectivity index is 2.73. The predicted octanol–water partition coefficient (Wildman–Crippen LogP) is 1.98. The molecule has 0 amide bonds. The Morgan fingerprint density at radius 2 is 1.83 bits per heavy atom. The topological polar surface area (TPSA) is 82.6 Å². The lowest BCUT2D eigenvalue weighted by Gasteiger charge is -2.15. The lowest BCUT2D eigenvalue weighted by molar-refractivity contribution is 0.568. The average molecular weight is 355 g/mol. The molecule has 0 aliphatic rings. The lowest BCUT2D eigenvalue weighted by Crippen LogP contribution is -2.37. The van der Waals surface area contributed by atoms with E-state index in [1.54, 1.807) is 7.05 Å². The van der Waals surface area contributed by atoms with Crippen molar-refractivity contribution >= 4 is 16.0 Å². The highest BCUT2D eigenvalue weighted by Crippen LogP contribution is 2.12. The van der Waals surface area contributed by atoms with Gasteiger partial charge in [-0.1, -0.05) is 37.6 Å². The van der Waals surface area contributed by atoms with Gasteiger partial charge in [-0.2, -0.15) is 0 Å². The van der Waals surface area contributed by atoms with Crippen molar-refractivity contribution in [3.63, 3.8) is 0 Å². The molecule has 0 aromatic heterocycles. The summed E-state index contributed by atoms with van der Waals surface area (Å²) in [5.41, 5.74) is 1.74. The largest absolute Gasteiger partial charge is 0.356 e. The molecule has 0 atom stereocenters. The molecule has 0 fully saturated rings. The molecular weight excluding hydrogens is 324 g/mol. The fourth-order valence-electron chi connectivity index (χ4n) is 2.26. The van der Waals surface area contributed by atoms with Gasteiger partial charge in [0.25, 0.3) is 0 Å². The standard InChI is InChI=1S/C17H30N4O2S/c1-5-6-11-19-17(18-4)20-12-15-9-7-8-10-16(15)13-24(22,23)21-14(2)3/h7-10,14,21H,5-6,11-13H2,1-4H3,(H2,18,19,20). The number of nitrogens with zero attached hydrogens (tertiary/aromatic N) is 1. The zero-order valence-electron chi connectivity index (χ0n) is 15.1. The van der Waals surface area contributed by atoms with Gasteiger partial charge in [0.15, 0.2) is 5.96 Å². The summed E-state index contributed by atoms with van der Waals surface area (Å²) in [5, 5.41) is 6.48. The van der Waals surface area contributed by atoms with Gasteiger partial charge in [-0.05, 0) is 31.4 Å². The van der Waals surface area contributed by atoms with Crippen LogP contribution in [0.4, 0.5) is 0 Å². The fraction of sp³-hybridized carbons (Fsp3) is 0.588. The lowest BCUT2D eigenvalue weighted by atomic mass is 10.1. The van der Waals surface area contributed by atoms with E-state index in [2.05, 4.69) is 27.3 Å². The molecule has 6 nitrogen and oxygen atoms in total. The molecule has 1 rings (SSSR count). The Morgan fingerprint density at radius 3 is 2.42 bits per heavy atom. The molecule has 3 N–H and O–H groups in total. The first-order valence-corrected chi connectivity index (χ1v) is 10.0. The molecule has 0 aliphatic heterocycles. The molecule has 0 saturated heterocycles. The number of aliphatic imine (C=N–C) groups is 1. The van der Waals surface area contributed by atoms with Crippen molar-refractivity contribution in [1.29, 1.82) is 0 Å². The summed E-state index contributed by atoms with van der Waals surface area (Å²) in [5.74, 6) is 0.701. The maximum atomic E-state index is 12.2. The summed E-state index contributed by atoms with van der Waals surface area (Å²) in [6, 6.07) is 7.45. The van der Waals surface area contributed by atoms with Crippen LogP contribution in [0.3, 0.4) is 0 Å². The maximum absolute atomic E-state index is 12.2. The molecule has 7 heteroatoms. The summed E-state index contributed by atoms with van der Waals surface area (Å²) < 4.78 is 26.9. The number of rotatable bonds is 9. The number of nitrogens with one attached hydrogen (secondary N) is 3. The fourth-order valence-corrected chi connectivity index (χ4v) is 3.75. The van der Waals surface area contributed by atoms with E-state index in [1.807, 2.05) is 38.1 Å². The van der Waals surface area contributed by atoms with Gasteiger partial charge < -0.3 is 10.6 Å². The predicted molar refractivity (Wildman–Crippen MR) is 100 cm³/mol. The van der Waals surface area contributed by atoms with Gasteiger partial charge in [-0.15, -0.1) is 0 Å². The van der Waals surface area contributed by atoms with Gasteiger partial charge in [0.05, 0.1) is 5.75 Å². The Labute approximate surface area is 146 Å². The first-order valence-electron chi connectivity index (χ1n) is 8.39. The van der Waals surface area contributed by atoms with Gasteiger partial charge in [0.2, 0.25) is 10.0 Å². The number of benzene rings is 1. The van der Waals surface area contributed by atoms with Crippen LogP contribution in [0.25, 0.3) is 0 Å². The van der Waals surface area contributed by atoms with Crippen molar-refractivity contribution in [2.24, 2.45) is 4.99 Å². The minimum absolute atomic E-state index is 0.0229. The van der Waals surface area contributed by atoms with Crippen molar-refractivity contribution in [3.8, 4) is 0 Å². The minimum atomic E-state index is -3.34. The molecule has 0 radical (unpaired) electrons. The van der Waals surface area contributed by atoms with Crippen LogP contribution in [0.5, 0.6) is 0 Å². The molecule has 1 aromatic carbocycles. The molecule has 24 heavy (non-hydrogen) atoms. The van der Waals surface area contributed by atoms with E-state index in [4.69, 9.17) is 0 Å². The number of hydrogen-bond acceptors (Lipinski definition) is 3. The van der Waals surface area contributed by atoms with Crippen LogP contribution < -0.4 is 15.4 Å². The third kappa shape index (κ3) is 7.79. The Kier molecular flexibility index (Phi) is 8.78. The summed E-state index contributed by atoms with van der Waals surface area (Å²) in [4.78, 5) is 4.18. The van der Waals surface area contributed by atoms with Crippen LogP contribution in [-0.4, -0.2) is 34.0 Å². The van der Waals surface area contributed by atoms with Crippen LogP contribution in [0.15, 0.2) is 29.3 Å². The van der Waals surface area contributed by atoms with Crippen LogP contribution in [0.1, 0.15) is 44.7 Å². The molecule has 0 bridgehead atoms. The third-order valence-corrected chi connectivity index (χ3v) is 4.89. The van der Waals surface area contributed by atoms with E-state index >= 15 is 0 Å². The second kappa shape index (κ2) is 10.3. The van der Waals surface area contributed by atoms with Gasteiger partial charge >= 0.3 is 0 Å². The summed E-state index contributed by atoms with van der Waals surface area (Å²) >= 11 is 0. The van der Waals surface area contributed by atoms with Gasteiger partial charge in [0, 0.05) is 26.2 Å². The highest BCUT2D eigenvalue weighted by atomic mass is 32.2. The molecule has 0 unspecified atom stereocenters. The molecule has 0 heterocycles. The number of guanidine groups is 1. The SMILES string of the molecule is CCCCNC(=NC)NCc1ccccc1CS(=O)(=O)NC(C)C. The van der Waals surface area contributed by atoms with Crippen molar-refractivity contribution in [3.05, 3.63) is 35.4 Å². The van der Waals surface area contributed by atoms with E-state index < -0.39 is 10.0 Å². The summed E-state index contributed by atoms with van der Waals surface area (Å²) in [7, 11) is -1.62. The van der Waals surface area contributed by atoms with Gasteiger partial charge in [0.1, 0.15) is 0 Å². The van der Waals surface area contributed by atoms with Gasteiger partial charge in [-0.25, -0.2) is 13.1 Å². The van der Waals surface area contributed by atoms with Crippen molar-refractivity contribution < 1.29 is 8.42 Å². The Morgan fingerprint density at radius 1 is 1.17 bits per heavy atom. The summed E-state index contributed by atoms with van der Waals surface area (Å²) in [6.45, 7) is 7.16. The quantitative estimate of drug-likeness (QED) is 0.360. The van der Waals surface area contributed by atoms with E-state index in [1.165, 1.54) is 0 Å². The number of hydrogen-bond donors (Lipinski definition) is 3. The smallest absolute Gasteiger partial charge is 0.216 e. The van der Waals surface area contributed by atoms with E-state index in [-0.39, 0.29) is 11.8 Å². The molecule has 0 saturated carbocycles. The normalized spacial score (nSPS) is 12.5. The van der Waals surface area contributed by atoms with Gasteiger partial charge in [-0.3, -0.25) is 4.99 Å². The molecule has 136 valence electrons. The van der Waals surface area contributed by atoms with Crippen molar-refractivity contribution in [1.82, 2.24) is 15.4 Å². The highest BCUT2D eigenvalue weighted by molar-refractivity contribution is 7.88. The number of unbranched alkanes of at least 4 members (excludes halogenated alkanes) is 1. The van der Waals surface area contributed by atoms with E-state index in [0.717, 1.165) is 36.5 Å². The molecular formula is C17H30N4O2S. The monoisotopic (exact) mass is 354 g/mol. The van der Waals surface area contributed by atoms with Crippen LogP contribution in [0.2, 0.25) is 0 Å². The van der Waals surface area contributed by atoms with E-state index in [9.17, 15) is 8.42 Å². The number of sulfonamides is 1. The first kappa shape index (κ1) is 20.4. The highest BCUT2D eigenvalue weighted by Gasteiger charge is 2.15. The average Bonchev–Trinajstić information content (AvgIpc) is 2.50. The van der Waals surface area contributed by atoms with Crippen LogP contribution in [0, 0.1) is 0 Å². The second-order valence-corrected chi connectivity index (χ2v) is 7.76. The third-order valence-electron chi connectivity index (χ3n) is 3.37. The minimum Gasteiger partial charge on any atom is -0.356 e. The molecule has 1 aromatic rings. The Bertz CT molecular complexity index is 627. The second-order valence-electron chi connectivity index (χ2n) is 6.01. The van der Waals surface area contributed by atoms with Crippen molar-refractivity contribution in [2.45, 2.75) is 52.0 Å². The zero-order valence-corrected chi connectivity index (χ0v) is 15.9. The Hall–Kier alpha value is -1.60. The molecule has 0 spiro atoms. The molecule has 0 aliphatic carbocycles.